The van der Waals surface area contributed by atoms with Gasteiger partial charge in [-0.25, -0.2) is 18.4 Å². The summed E-state index contributed by atoms with van der Waals surface area (Å²) in [7, 11) is -3.34. The molecule has 1 aromatic carbocycles. The van der Waals surface area contributed by atoms with Gasteiger partial charge in [-0.05, 0) is 25.5 Å². The Kier molecular flexibility index (Phi) is 4.44. The molecule has 2 aliphatic rings. The van der Waals surface area contributed by atoms with Crippen LogP contribution < -0.4 is 9.21 Å². The minimum atomic E-state index is -3.34. The molecule has 0 saturated carbocycles. The normalized spacial score (nSPS) is 21.8. The average molecular weight is 414 g/mol. The van der Waals surface area contributed by atoms with Crippen LogP contribution in [0.1, 0.15) is 13.3 Å². The van der Waals surface area contributed by atoms with E-state index in [1.54, 1.807) is 6.07 Å². The van der Waals surface area contributed by atoms with Gasteiger partial charge in [-0.1, -0.05) is 12.1 Å². The molecule has 2 aliphatic heterocycles. The van der Waals surface area contributed by atoms with Crippen molar-refractivity contribution in [3.8, 4) is 11.4 Å². The van der Waals surface area contributed by atoms with Crippen molar-refractivity contribution in [1.82, 2.24) is 15.0 Å². The number of nitrogens with one attached hydrogen (secondary N) is 1. The number of anilines is 2. The molecule has 0 radical (unpaired) electrons. The Hall–Kier alpha value is -2.65. The number of fused-ring (bicyclic) bond motifs is 1. The molecule has 152 valence electrons. The first-order valence-electron chi connectivity index (χ1n) is 9.83. The van der Waals surface area contributed by atoms with E-state index in [1.807, 2.05) is 30.5 Å². The second kappa shape index (κ2) is 7.00. The van der Waals surface area contributed by atoms with Crippen LogP contribution in [0.3, 0.4) is 0 Å². The summed E-state index contributed by atoms with van der Waals surface area (Å²) in [6, 6.07) is 9.86. The van der Waals surface area contributed by atoms with Crippen LogP contribution in [0.2, 0.25) is 0 Å². The quantitative estimate of drug-likeness (QED) is 0.709. The Labute approximate surface area is 169 Å². The molecule has 0 unspecified atom stereocenters. The zero-order valence-electron chi connectivity index (χ0n) is 16.2. The van der Waals surface area contributed by atoms with Gasteiger partial charge in [0.25, 0.3) is 0 Å². The lowest BCUT2D eigenvalue weighted by Gasteiger charge is -2.34. The molecule has 0 amide bonds. The van der Waals surface area contributed by atoms with Crippen LogP contribution >= 0.6 is 0 Å². The third kappa shape index (κ3) is 3.24. The van der Waals surface area contributed by atoms with E-state index in [0.717, 1.165) is 22.3 Å². The maximum Gasteiger partial charge on any atom is 0.236 e. The van der Waals surface area contributed by atoms with E-state index in [4.69, 9.17) is 14.7 Å². The Balaban J connectivity index is 1.69. The van der Waals surface area contributed by atoms with Gasteiger partial charge >= 0.3 is 0 Å². The zero-order valence-corrected chi connectivity index (χ0v) is 17.0. The maximum absolute atomic E-state index is 12.6. The number of hydrogen-bond donors (Lipinski definition) is 1. The van der Waals surface area contributed by atoms with Gasteiger partial charge in [0.15, 0.2) is 5.82 Å². The van der Waals surface area contributed by atoms with Crippen molar-refractivity contribution in [2.75, 3.05) is 41.3 Å². The van der Waals surface area contributed by atoms with Gasteiger partial charge in [0, 0.05) is 41.8 Å². The van der Waals surface area contributed by atoms with Gasteiger partial charge in [0.1, 0.15) is 11.6 Å². The topological polar surface area (TPSA) is 91.4 Å². The third-order valence-electron chi connectivity index (χ3n) is 5.55. The van der Waals surface area contributed by atoms with E-state index in [2.05, 4.69) is 16.8 Å². The largest absolute Gasteiger partial charge is 0.377 e. The lowest BCUT2D eigenvalue weighted by atomic mass is 10.1. The van der Waals surface area contributed by atoms with Crippen molar-refractivity contribution in [2.24, 2.45) is 0 Å². The predicted molar refractivity (Wildman–Crippen MR) is 113 cm³/mol. The molecule has 2 aromatic heterocycles. The first kappa shape index (κ1) is 18.4. The number of sulfonamides is 1. The molecule has 3 aromatic rings. The second-order valence-electron chi connectivity index (χ2n) is 7.51. The van der Waals surface area contributed by atoms with Crippen molar-refractivity contribution < 1.29 is 13.2 Å². The van der Waals surface area contributed by atoms with Crippen molar-refractivity contribution in [2.45, 2.75) is 19.4 Å². The number of benzene rings is 1. The van der Waals surface area contributed by atoms with E-state index in [0.29, 0.717) is 44.4 Å². The third-order valence-corrected chi connectivity index (χ3v) is 7.40. The Morgan fingerprint density at radius 2 is 2.03 bits per heavy atom. The molecule has 1 atom stereocenters. The fourth-order valence-corrected chi connectivity index (χ4v) is 5.56. The standard InChI is InChI=1S/C20H23N5O3S/c1-14-13-28-10-9-24(14)18-12-19(25-8-3-11-29(25,26)27)23-20(22-18)16-4-2-5-17-15(16)6-7-21-17/h2,4-7,12,14,21H,3,8-11,13H2,1H3/t14-/m1/s1. The first-order chi connectivity index (χ1) is 14.0. The minimum absolute atomic E-state index is 0.151. The van der Waals surface area contributed by atoms with Crippen LogP contribution in [0.4, 0.5) is 11.6 Å². The van der Waals surface area contributed by atoms with E-state index >= 15 is 0 Å². The van der Waals surface area contributed by atoms with Gasteiger partial charge in [0.05, 0.1) is 25.0 Å². The summed E-state index contributed by atoms with van der Waals surface area (Å²) in [5.74, 6) is 1.86. The van der Waals surface area contributed by atoms with Crippen LogP contribution in [0.15, 0.2) is 36.5 Å². The molecule has 4 heterocycles. The number of aromatic nitrogens is 3. The number of aromatic amines is 1. The van der Waals surface area contributed by atoms with Crippen LogP contribution in [0, 0.1) is 0 Å². The highest BCUT2D eigenvalue weighted by Gasteiger charge is 2.31. The molecular formula is C20H23N5O3S. The number of H-pyrrole nitrogens is 1. The predicted octanol–water partition coefficient (Wildman–Crippen LogP) is 2.39. The molecule has 2 saturated heterocycles. The summed E-state index contributed by atoms with van der Waals surface area (Å²) in [5.41, 5.74) is 1.87. The molecule has 1 N–H and O–H groups in total. The highest BCUT2D eigenvalue weighted by atomic mass is 32.2. The summed E-state index contributed by atoms with van der Waals surface area (Å²) in [4.78, 5) is 14.9. The number of morpholine rings is 1. The molecule has 2 fully saturated rings. The molecule has 5 rings (SSSR count). The van der Waals surface area contributed by atoms with E-state index < -0.39 is 10.0 Å². The Bertz CT molecular complexity index is 1160. The van der Waals surface area contributed by atoms with E-state index in [-0.39, 0.29) is 11.8 Å². The van der Waals surface area contributed by atoms with Gasteiger partial charge in [-0.2, -0.15) is 0 Å². The van der Waals surface area contributed by atoms with Crippen LogP contribution in [-0.2, 0) is 14.8 Å². The van der Waals surface area contributed by atoms with Gasteiger partial charge in [0.2, 0.25) is 10.0 Å². The van der Waals surface area contributed by atoms with E-state index in [9.17, 15) is 8.42 Å². The van der Waals surface area contributed by atoms with Crippen LogP contribution in [0.5, 0.6) is 0 Å². The Morgan fingerprint density at radius 3 is 2.83 bits per heavy atom. The van der Waals surface area contributed by atoms with Gasteiger partial charge < -0.3 is 14.6 Å². The SMILES string of the molecule is C[C@@H]1COCCN1c1cc(N2CCCS2(=O)=O)nc(-c2cccc3[nH]ccc23)n1. The molecule has 9 heteroatoms. The maximum atomic E-state index is 12.6. The minimum Gasteiger partial charge on any atom is -0.377 e. The smallest absolute Gasteiger partial charge is 0.236 e. The van der Waals surface area contributed by atoms with Crippen molar-refractivity contribution in [3.05, 3.63) is 36.5 Å². The van der Waals surface area contributed by atoms with Crippen molar-refractivity contribution >= 4 is 32.6 Å². The lowest BCUT2D eigenvalue weighted by molar-refractivity contribution is 0.0985. The summed E-state index contributed by atoms with van der Waals surface area (Å²) in [6.07, 6.45) is 2.49. The molecule has 0 spiro atoms. The second-order valence-corrected chi connectivity index (χ2v) is 9.52. The summed E-state index contributed by atoms with van der Waals surface area (Å²) in [6.45, 7) is 4.47. The highest BCUT2D eigenvalue weighted by molar-refractivity contribution is 7.93. The van der Waals surface area contributed by atoms with Crippen LogP contribution in [-0.4, -0.2) is 61.5 Å². The fraction of sp³-hybridized carbons (Fsp3) is 0.400. The van der Waals surface area contributed by atoms with Gasteiger partial charge in [-0.3, -0.25) is 4.31 Å². The van der Waals surface area contributed by atoms with Crippen molar-refractivity contribution in [3.63, 3.8) is 0 Å². The monoisotopic (exact) mass is 413 g/mol. The van der Waals surface area contributed by atoms with E-state index in [1.165, 1.54) is 4.31 Å². The summed E-state index contributed by atoms with van der Waals surface area (Å²) < 4.78 is 32.1. The lowest BCUT2D eigenvalue weighted by Crippen LogP contribution is -2.44. The highest BCUT2D eigenvalue weighted by Crippen LogP contribution is 2.32. The number of nitrogens with zero attached hydrogens (tertiary/aromatic N) is 4. The first-order valence-corrected chi connectivity index (χ1v) is 11.4. The number of ether oxygens (including phenoxy) is 1. The van der Waals surface area contributed by atoms with Crippen LogP contribution in [0.25, 0.3) is 22.3 Å². The molecule has 29 heavy (non-hydrogen) atoms. The Morgan fingerprint density at radius 1 is 1.17 bits per heavy atom. The molecule has 0 aliphatic carbocycles. The summed E-state index contributed by atoms with van der Waals surface area (Å²) in [5, 5.41) is 1.01. The fourth-order valence-electron chi connectivity index (χ4n) is 4.06. The van der Waals surface area contributed by atoms with Gasteiger partial charge in [-0.15, -0.1) is 0 Å². The number of hydrogen-bond acceptors (Lipinski definition) is 6. The molecule has 8 nitrogen and oxygen atoms in total. The summed E-state index contributed by atoms with van der Waals surface area (Å²) >= 11 is 0. The molecule has 0 bridgehead atoms. The van der Waals surface area contributed by atoms with Crippen molar-refractivity contribution in [1.29, 1.82) is 0 Å². The number of rotatable bonds is 3. The average Bonchev–Trinajstić information content (AvgIpc) is 3.33. The zero-order chi connectivity index (χ0) is 20.0. The molecular weight excluding hydrogens is 390 g/mol.